The van der Waals surface area contributed by atoms with Gasteiger partial charge in [0.25, 0.3) is 0 Å². The lowest BCUT2D eigenvalue weighted by Crippen LogP contribution is -2.43. The van der Waals surface area contributed by atoms with Gasteiger partial charge in [-0.1, -0.05) is 42.5 Å². The van der Waals surface area contributed by atoms with Crippen molar-refractivity contribution in [3.63, 3.8) is 0 Å². The number of fused-ring (bicyclic) bond motifs is 2. The molecule has 2 heterocycles. The molecule has 1 aromatic heterocycles. The Balaban J connectivity index is 1.99. The quantitative estimate of drug-likeness (QED) is 0.685. The monoisotopic (exact) mass is 288 g/mol. The first kappa shape index (κ1) is 13.1. The molecule has 0 saturated heterocycles. The molecule has 4 rings (SSSR count). The van der Waals surface area contributed by atoms with E-state index in [4.69, 9.17) is 4.42 Å². The van der Waals surface area contributed by atoms with Gasteiger partial charge in [-0.05, 0) is 30.3 Å². The Morgan fingerprint density at radius 3 is 2.73 bits per heavy atom. The minimum Gasteiger partial charge on any atom is -0.459 e. The molecule has 108 valence electrons. The van der Waals surface area contributed by atoms with Crippen LogP contribution in [0, 0.1) is 11.3 Å². The first-order valence-electron chi connectivity index (χ1n) is 7.40. The summed E-state index contributed by atoms with van der Waals surface area (Å²) in [6.45, 7) is 1.50. The molecular weight excluding hydrogens is 272 g/mol. The minimum atomic E-state index is -0.747. The maximum atomic E-state index is 10.0. The zero-order valence-corrected chi connectivity index (χ0v) is 12.4. The predicted octanol–water partition coefficient (Wildman–Crippen LogP) is 3.69. The van der Waals surface area contributed by atoms with E-state index in [-0.39, 0.29) is 0 Å². The van der Waals surface area contributed by atoms with Gasteiger partial charge in [0.15, 0.2) is 5.41 Å². The van der Waals surface area contributed by atoms with Crippen molar-refractivity contribution in [1.29, 1.82) is 5.26 Å². The van der Waals surface area contributed by atoms with Gasteiger partial charge in [0.05, 0.1) is 6.07 Å². The third-order valence-electron chi connectivity index (χ3n) is 4.46. The average Bonchev–Trinajstić information content (AvgIpc) is 2.98. The lowest BCUT2D eigenvalue weighted by atomic mass is 9.74. The molecule has 1 unspecified atom stereocenters. The number of nitriles is 1. The lowest BCUT2D eigenvalue weighted by Gasteiger charge is -2.36. The Kier molecular flexibility index (Phi) is 2.82. The summed E-state index contributed by atoms with van der Waals surface area (Å²) >= 11 is 0. The summed E-state index contributed by atoms with van der Waals surface area (Å²) in [4.78, 5) is 2.18. The highest BCUT2D eigenvalue weighted by Crippen LogP contribution is 2.40. The number of likely N-dealkylation sites (N-methyl/N-ethyl adjacent to an activating group) is 1. The number of hydrogen-bond donors (Lipinski definition) is 0. The molecule has 3 heteroatoms. The predicted molar refractivity (Wildman–Crippen MR) is 85.4 cm³/mol. The summed E-state index contributed by atoms with van der Waals surface area (Å²) in [6, 6.07) is 20.6. The van der Waals surface area contributed by atoms with Crippen LogP contribution in [0.25, 0.3) is 11.0 Å². The van der Waals surface area contributed by atoms with Crippen LogP contribution in [0.4, 0.5) is 0 Å². The first-order valence-corrected chi connectivity index (χ1v) is 7.40. The number of hydrogen-bond acceptors (Lipinski definition) is 3. The molecule has 22 heavy (non-hydrogen) atoms. The summed E-state index contributed by atoms with van der Waals surface area (Å²) in [7, 11) is 2.05. The fourth-order valence-electron chi connectivity index (χ4n) is 3.46. The van der Waals surface area contributed by atoms with Crippen LogP contribution in [0.2, 0.25) is 0 Å². The van der Waals surface area contributed by atoms with Crippen molar-refractivity contribution in [3.8, 4) is 6.07 Å². The van der Waals surface area contributed by atoms with Crippen molar-refractivity contribution in [2.45, 2.75) is 12.0 Å². The van der Waals surface area contributed by atoms with Crippen LogP contribution in [0.15, 0.2) is 59.0 Å². The zero-order chi connectivity index (χ0) is 15.2. The standard InChI is InChI=1S/C19H16N2O/c1-21-11-15-7-2-4-8-16(15)19(12-20,13-21)18-10-14-6-3-5-9-17(14)22-18/h2-10H,11,13H2,1H3. The van der Waals surface area contributed by atoms with Gasteiger partial charge in [-0.3, -0.25) is 4.90 Å². The molecule has 1 atom stereocenters. The second-order valence-corrected chi connectivity index (χ2v) is 6.00. The SMILES string of the molecule is CN1Cc2ccccc2C(C#N)(c2cc3ccccc3o2)C1. The molecule has 0 N–H and O–H groups in total. The average molecular weight is 288 g/mol. The topological polar surface area (TPSA) is 40.2 Å². The molecule has 3 aromatic rings. The van der Waals surface area contributed by atoms with E-state index in [0.29, 0.717) is 6.54 Å². The third kappa shape index (κ3) is 1.78. The van der Waals surface area contributed by atoms with E-state index in [1.807, 2.05) is 49.5 Å². The van der Waals surface area contributed by atoms with E-state index < -0.39 is 5.41 Å². The summed E-state index contributed by atoms with van der Waals surface area (Å²) in [6.07, 6.45) is 0. The van der Waals surface area contributed by atoms with E-state index in [9.17, 15) is 5.26 Å². The van der Waals surface area contributed by atoms with Crippen molar-refractivity contribution in [2.75, 3.05) is 13.6 Å². The number of nitrogens with zero attached hydrogens (tertiary/aromatic N) is 2. The number of para-hydroxylation sites is 1. The van der Waals surface area contributed by atoms with E-state index in [1.165, 1.54) is 5.56 Å². The van der Waals surface area contributed by atoms with Crippen molar-refractivity contribution < 1.29 is 4.42 Å². The Labute approximate surface area is 129 Å². The molecule has 2 aromatic carbocycles. The van der Waals surface area contributed by atoms with Crippen molar-refractivity contribution in [1.82, 2.24) is 4.90 Å². The maximum Gasteiger partial charge on any atom is 0.153 e. The van der Waals surface area contributed by atoms with Crippen LogP contribution < -0.4 is 0 Å². The highest BCUT2D eigenvalue weighted by molar-refractivity contribution is 5.78. The molecule has 0 radical (unpaired) electrons. The lowest BCUT2D eigenvalue weighted by molar-refractivity contribution is 0.250. The summed E-state index contributed by atoms with van der Waals surface area (Å²) < 4.78 is 6.06. The molecule has 3 nitrogen and oxygen atoms in total. The number of furan rings is 1. The fraction of sp³-hybridized carbons (Fsp3) is 0.211. The zero-order valence-electron chi connectivity index (χ0n) is 12.4. The highest BCUT2D eigenvalue weighted by atomic mass is 16.3. The van der Waals surface area contributed by atoms with Crippen LogP contribution in [0.5, 0.6) is 0 Å². The van der Waals surface area contributed by atoms with E-state index >= 15 is 0 Å². The highest BCUT2D eigenvalue weighted by Gasteiger charge is 2.43. The Hall–Kier alpha value is -2.57. The van der Waals surface area contributed by atoms with Gasteiger partial charge in [-0.2, -0.15) is 5.26 Å². The van der Waals surface area contributed by atoms with Crippen LogP contribution in [-0.4, -0.2) is 18.5 Å². The number of benzene rings is 2. The smallest absolute Gasteiger partial charge is 0.153 e. The Morgan fingerprint density at radius 2 is 1.91 bits per heavy atom. The molecule has 1 aliphatic rings. The molecule has 0 aliphatic carbocycles. The summed E-state index contributed by atoms with van der Waals surface area (Å²) in [5.41, 5.74) is 2.34. The van der Waals surface area contributed by atoms with Gasteiger partial charge in [0, 0.05) is 18.5 Å². The third-order valence-corrected chi connectivity index (χ3v) is 4.46. The van der Waals surface area contributed by atoms with E-state index in [0.717, 1.165) is 28.8 Å². The molecule has 0 bridgehead atoms. The van der Waals surface area contributed by atoms with Gasteiger partial charge in [0.2, 0.25) is 0 Å². The summed E-state index contributed by atoms with van der Waals surface area (Å²) in [5.74, 6) is 0.732. The van der Waals surface area contributed by atoms with Crippen molar-refractivity contribution in [3.05, 3.63) is 71.5 Å². The molecule has 0 fully saturated rings. The fourth-order valence-corrected chi connectivity index (χ4v) is 3.46. The van der Waals surface area contributed by atoms with Gasteiger partial charge in [0.1, 0.15) is 11.3 Å². The second kappa shape index (κ2) is 4.72. The van der Waals surface area contributed by atoms with Gasteiger partial charge in [-0.25, -0.2) is 0 Å². The van der Waals surface area contributed by atoms with Gasteiger partial charge in [-0.15, -0.1) is 0 Å². The molecule has 1 aliphatic heterocycles. The van der Waals surface area contributed by atoms with Crippen molar-refractivity contribution >= 4 is 11.0 Å². The molecular formula is C19H16N2O. The molecule has 0 saturated carbocycles. The van der Waals surface area contributed by atoms with E-state index in [1.54, 1.807) is 0 Å². The molecule has 0 spiro atoms. The van der Waals surface area contributed by atoms with E-state index in [2.05, 4.69) is 23.1 Å². The van der Waals surface area contributed by atoms with Gasteiger partial charge >= 0.3 is 0 Å². The largest absolute Gasteiger partial charge is 0.459 e. The summed E-state index contributed by atoms with van der Waals surface area (Å²) in [5, 5.41) is 11.1. The van der Waals surface area contributed by atoms with Gasteiger partial charge < -0.3 is 4.42 Å². The normalized spacial score (nSPS) is 21.5. The Bertz CT molecular complexity index is 857. The Morgan fingerprint density at radius 1 is 1.14 bits per heavy atom. The second-order valence-electron chi connectivity index (χ2n) is 6.00. The van der Waals surface area contributed by atoms with Crippen LogP contribution in [0.3, 0.4) is 0 Å². The van der Waals surface area contributed by atoms with Crippen LogP contribution >= 0.6 is 0 Å². The maximum absolute atomic E-state index is 10.0. The number of rotatable bonds is 1. The first-order chi connectivity index (χ1) is 10.7. The van der Waals surface area contributed by atoms with Crippen LogP contribution in [-0.2, 0) is 12.0 Å². The molecule has 0 amide bonds. The minimum absolute atomic E-state index is 0.639. The van der Waals surface area contributed by atoms with Crippen molar-refractivity contribution in [2.24, 2.45) is 0 Å². The van der Waals surface area contributed by atoms with Crippen LogP contribution in [0.1, 0.15) is 16.9 Å².